The number of hydrogen-bond acceptors (Lipinski definition) is 4. The van der Waals surface area contributed by atoms with E-state index in [1.807, 2.05) is 18.2 Å². The van der Waals surface area contributed by atoms with Crippen molar-refractivity contribution in [1.29, 1.82) is 0 Å². The average Bonchev–Trinajstić information content (AvgIpc) is 3.17. The second-order valence-corrected chi connectivity index (χ2v) is 9.69. The number of piperidine rings is 1. The van der Waals surface area contributed by atoms with Crippen molar-refractivity contribution < 1.29 is 9.57 Å². The zero-order valence-corrected chi connectivity index (χ0v) is 19.5. The maximum Gasteiger partial charge on any atom is 0.173 e. The van der Waals surface area contributed by atoms with Gasteiger partial charge < -0.3 is 15.0 Å². The Morgan fingerprint density at radius 1 is 1.13 bits per heavy atom. The maximum atomic E-state index is 6.04. The van der Waals surface area contributed by atoms with Crippen LogP contribution in [-0.2, 0) is 10.3 Å². The number of likely N-dealkylation sites (tertiary alicyclic amines) is 1. The third kappa shape index (κ3) is 4.86. The van der Waals surface area contributed by atoms with Crippen LogP contribution in [0.5, 0.6) is 5.75 Å². The molecule has 1 saturated heterocycles. The van der Waals surface area contributed by atoms with Crippen molar-refractivity contribution >= 4 is 28.7 Å². The second-order valence-electron chi connectivity index (χ2n) is 9.30. The summed E-state index contributed by atoms with van der Waals surface area (Å²) in [5.41, 5.74) is 7.37. The van der Waals surface area contributed by atoms with E-state index >= 15 is 0 Å². The summed E-state index contributed by atoms with van der Waals surface area (Å²) in [6, 6.07) is 16.5. The van der Waals surface area contributed by atoms with E-state index in [2.05, 4.69) is 72.9 Å². The van der Waals surface area contributed by atoms with Crippen LogP contribution in [0.25, 0.3) is 5.70 Å². The zero-order chi connectivity index (χ0) is 22.1. The lowest BCUT2D eigenvalue weighted by atomic mass is 9.87. The third-order valence-corrected chi connectivity index (χ3v) is 6.41. The Morgan fingerprint density at radius 2 is 1.84 bits per heavy atom. The first kappa shape index (κ1) is 21.7. The van der Waals surface area contributed by atoms with E-state index in [1.165, 1.54) is 5.56 Å². The Morgan fingerprint density at radius 3 is 2.48 bits per heavy atom. The van der Waals surface area contributed by atoms with E-state index in [9.17, 15) is 0 Å². The van der Waals surface area contributed by atoms with Gasteiger partial charge in [-0.15, -0.1) is 0 Å². The molecule has 0 aromatic heterocycles. The number of nitrogens with one attached hydrogen (secondary N) is 2. The number of benzene rings is 2. The highest BCUT2D eigenvalue weighted by atomic mass is 32.1. The highest BCUT2D eigenvalue weighted by molar-refractivity contribution is 7.80. The van der Waals surface area contributed by atoms with Crippen molar-refractivity contribution in [1.82, 2.24) is 10.4 Å². The third-order valence-electron chi connectivity index (χ3n) is 6.05. The minimum atomic E-state index is -0.293. The lowest BCUT2D eigenvalue weighted by Crippen LogP contribution is -2.48. The summed E-state index contributed by atoms with van der Waals surface area (Å²) >= 11 is 5.68. The van der Waals surface area contributed by atoms with Crippen LogP contribution in [0.15, 0.2) is 54.6 Å². The van der Waals surface area contributed by atoms with Crippen LogP contribution >= 0.6 is 12.2 Å². The second kappa shape index (κ2) is 8.52. The van der Waals surface area contributed by atoms with E-state index in [0.717, 1.165) is 53.7 Å². The molecule has 2 aliphatic rings. The molecular weight excluding hydrogens is 406 g/mol. The molecule has 2 aliphatic heterocycles. The molecule has 0 atom stereocenters. The van der Waals surface area contributed by atoms with Gasteiger partial charge in [-0.05, 0) is 53.5 Å². The molecule has 2 aromatic rings. The molecule has 0 radical (unpaired) electrons. The Labute approximate surface area is 190 Å². The molecule has 0 saturated carbocycles. The predicted octanol–water partition coefficient (Wildman–Crippen LogP) is 5.10. The molecule has 0 unspecified atom stereocenters. The van der Waals surface area contributed by atoms with Gasteiger partial charge in [0.1, 0.15) is 11.4 Å². The fourth-order valence-electron chi connectivity index (χ4n) is 4.00. The number of anilines is 1. The van der Waals surface area contributed by atoms with Crippen LogP contribution in [0, 0.1) is 0 Å². The maximum absolute atomic E-state index is 6.04. The fraction of sp³-hybridized carbons (Fsp3) is 0.400. The number of hydroxylamine groups is 1. The molecular formula is C25H31N3O2S. The highest BCUT2D eigenvalue weighted by Crippen LogP contribution is 2.35. The van der Waals surface area contributed by atoms with Crippen molar-refractivity contribution in [3.8, 4) is 5.75 Å². The number of ether oxygens (including phenoxy) is 1. The summed E-state index contributed by atoms with van der Waals surface area (Å²) in [5, 5.41) is 4.15. The predicted molar refractivity (Wildman–Crippen MR) is 130 cm³/mol. The number of thiocarbonyl (C=S) groups is 1. The number of rotatable bonds is 3. The molecule has 2 heterocycles. The first-order chi connectivity index (χ1) is 14.8. The molecule has 31 heavy (non-hydrogen) atoms. The molecule has 2 aromatic carbocycles. The Kier molecular flexibility index (Phi) is 5.95. The molecule has 6 heteroatoms. The number of methoxy groups -OCH3 is 1. The molecule has 164 valence electrons. The summed E-state index contributed by atoms with van der Waals surface area (Å²) in [7, 11) is 1.68. The Balaban J connectivity index is 1.36. The SMILES string of the molecule is COc1cccc(C2=CC3(CCN(C(=S)Nc4ccc(C(C)(C)C)cc4)CC3)ON2)c1. The molecule has 1 fully saturated rings. The molecule has 2 N–H and O–H groups in total. The summed E-state index contributed by atoms with van der Waals surface area (Å²) < 4.78 is 5.34. The Hall–Kier alpha value is -2.57. The normalized spacial score (nSPS) is 17.8. The summed E-state index contributed by atoms with van der Waals surface area (Å²) in [4.78, 5) is 8.26. The van der Waals surface area contributed by atoms with Crippen LogP contribution in [0.4, 0.5) is 5.69 Å². The molecule has 0 amide bonds. The summed E-state index contributed by atoms with van der Waals surface area (Å²) in [6.07, 6.45) is 3.96. The number of nitrogens with zero attached hydrogens (tertiary/aromatic N) is 1. The van der Waals surface area contributed by atoms with Gasteiger partial charge in [0.25, 0.3) is 0 Å². The van der Waals surface area contributed by atoms with Crippen molar-refractivity contribution in [3.05, 3.63) is 65.7 Å². The van der Waals surface area contributed by atoms with Gasteiger partial charge >= 0.3 is 0 Å². The smallest absolute Gasteiger partial charge is 0.173 e. The molecule has 0 bridgehead atoms. The van der Waals surface area contributed by atoms with E-state index < -0.39 is 0 Å². The average molecular weight is 438 g/mol. The Bertz CT molecular complexity index is 971. The summed E-state index contributed by atoms with van der Waals surface area (Å²) in [5.74, 6) is 0.836. The minimum absolute atomic E-state index is 0.146. The van der Waals surface area contributed by atoms with Gasteiger partial charge in [0.05, 0.1) is 12.8 Å². The standard InChI is InChI=1S/C25H31N3O2S/c1-24(2,3)19-8-10-20(11-9-19)26-23(31)28-14-12-25(13-15-28)17-22(27-30-25)18-6-5-7-21(16-18)29-4/h5-11,16-17,27H,12-15H2,1-4H3,(H,26,31). The quantitative estimate of drug-likeness (QED) is 0.652. The summed E-state index contributed by atoms with van der Waals surface area (Å²) in [6.45, 7) is 8.35. The van der Waals surface area contributed by atoms with E-state index in [1.54, 1.807) is 7.11 Å². The van der Waals surface area contributed by atoms with Crippen molar-refractivity contribution in [2.24, 2.45) is 0 Å². The van der Waals surface area contributed by atoms with E-state index in [4.69, 9.17) is 21.8 Å². The fourth-order valence-corrected chi connectivity index (χ4v) is 4.30. The van der Waals surface area contributed by atoms with Gasteiger partial charge in [0.15, 0.2) is 5.11 Å². The van der Waals surface area contributed by atoms with Gasteiger partial charge in [0.2, 0.25) is 0 Å². The van der Waals surface area contributed by atoms with Gasteiger partial charge in [-0.3, -0.25) is 10.3 Å². The molecule has 0 aliphatic carbocycles. The van der Waals surface area contributed by atoms with E-state index in [-0.39, 0.29) is 11.0 Å². The van der Waals surface area contributed by atoms with Crippen LogP contribution in [0.2, 0.25) is 0 Å². The van der Waals surface area contributed by atoms with Crippen molar-refractivity contribution in [2.75, 3.05) is 25.5 Å². The van der Waals surface area contributed by atoms with Crippen LogP contribution in [0.1, 0.15) is 44.7 Å². The van der Waals surface area contributed by atoms with Gasteiger partial charge in [-0.25, -0.2) is 0 Å². The molecule has 1 spiro atoms. The van der Waals surface area contributed by atoms with Gasteiger partial charge in [-0.1, -0.05) is 45.0 Å². The number of hydrogen-bond donors (Lipinski definition) is 2. The lowest BCUT2D eigenvalue weighted by Gasteiger charge is -2.38. The van der Waals surface area contributed by atoms with Gasteiger partial charge in [-0.2, -0.15) is 0 Å². The largest absolute Gasteiger partial charge is 0.497 e. The van der Waals surface area contributed by atoms with Crippen LogP contribution in [0.3, 0.4) is 0 Å². The van der Waals surface area contributed by atoms with Gasteiger partial charge in [0, 0.05) is 37.2 Å². The topological polar surface area (TPSA) is 45.8 Å². The minimum Gasteiger partial charge on any atom is -0.497 e. The molecule has 4 rings (SSSR count). The first-order valence-electron chi connectivity index (χ1n) is 10.8. The van der Waals surface area contributed by atoms with Crippen LogP contribution < -0.4 is 15.5 Å². The molecule has 5 nitrogen and oxygen atoms in total. The lowest BCUT2D eigenvalue weighted by molar-refractivity contribution is -0.0615. The zero-order valence-electron chi connectivity index (χ0n) is 18.7. The monoisotopic (exact) mass is 437 g/mol. The van der Waals surface area contributed by atoms with Crippen molar-refractivity contribution in [3.63, 3.8) is 0 Å². The first-order valence-corrected chi connectivity index (χ1v) is 11.2. The van der Waals surface area contributed by atoms with Crippen LogP contribution in [-0.4, -0.2) is 35.8 Å². The van der Waals surface area contributed by atoms with Crippen molar-refractivity contribution in [2.45, 2.75) is 44.6 Å². The highest BCUT2D eigenvalue weighted by Gasteiger charge is 2.39. The van der Waals surface area contributed by atoms with E-state index in [0.29, 0.717) is 0 Å².